The number of aromatic nitrogens is 2. The minimum absolute atomic E-state index is 0.612. The zero-order valence-corrected chi connectivity index (χ0v) is 31.6. The molecule has 0 saturated heterocycles. The molecule has 0 aliphatic carbocycles. The average Bonchev–Trinajstić information content (AvgIpc) is 3.64. The van der Waals surface area contributed by atoms with Crippen LogP contribution in [0.3, 0.4) is 0 Å². The third kappa shape index (κ3) is 6.37. The normalized spacial score (nSPS) is 11.1. The van der Waals surface area contributed by atoms with E-state index in [9.17, 15) is 0 Å². The molecule has 0 saturated carbocycles. The van der Waals surface area contributed by atoms with Gasteiger partial charge in [0.25, 0.3) is 0 Å². The third-order valence-electron chi connectivity index (χ3n) is 10.8. The van der Waals surface area contributed by atoms with E-state index in [2.05, 4.69) is 202 Å². The quantitative estimate of drug-likeness (QED) is 0.145. The molecule has 0 amide bonds. The summed E-state index contributed by atoms with van der Waals surface area (Å²) >= 11 is 0. The highest BCUT2D eigenvalue weighted by Gasteiger charge is 2.19. The number of hydrogen-bond donors (Lipinski definition) is 0. The van der Waals surface area contributed by atoms with Crippen LogP contribution in [-0.4, -0.2) is 9.55 Å². The molecule has 4 heteroatoms. The molecule has 2 aromatic heterocycles. The summed E-state index contributed by atoms with van der Waals surface area (Å²) in [6.45, 7) is 8.12. The van der Waals surface area contributed by atoms with Gasteiger partial charge >= 0.3 is 0 Å². The van der Waals surface area contributed by atoms with Gasteiger partial charge < -0.3 is 9.47 Å². The van der Waals surface area contributed by atoms with Crippen molar-refractivity contribution in [3.05, 3.63) is 230 Å². The molecule has 10 aromatic rings. The summed E-state index contributed by atoms with van der Waals surface area (Å²) in [6, 6.07) is 76.2. The molecule has 2 heterocycles. The highest BCUT2D eigenvalue weighted by molar-refractivity contribution is 6.10. The van der Waals surface area contributed by atoms with Crippen molar-refractivity contribution in [3.63, 3.8) is 0 Å². The van der Waals surface area contributed by atoms with Gasteiger partial charge in [-0.25, -0.2) is 9.83 Å². The van der Waals surface area contributed by atoms with Crippen molar-refractivity contribution in [2.75, 3.05) is 4.90 Å². The molecule has 0 N–H and O–H groups in total. The maximum Gasteiger partial charge on any atom is 0.194 e. The number of para-hydroxylation sites is 4. The second kappa shape index (κ2) is 14.9. The number of rotatable bonds is 8. The molecular weight excluding hydrogens is 705 g/mol. The summed E-state index contributed by atoms with van der Waals surface area (Å²) in [5, 5.41) is 2.33. The number of hydrogen-bond acceptors (Lipinski definition) is 2. The van der Waals surface area contributed by atoms with Gasteiger partial charge in [0.05, 0.1) is 29.0 Å². The van der Waals surface area contributed by atoms with Crippen molar-refractivity contribution in [1.29, 1.82) is 0 Å². The van der Waals surface area contributed by atoms with Crippen LogP contribution in [-0.2, 0) is 0 Å². The smallest absolute Gasteiger partial charge is 0.194 e. The van der Waals surface area contributed by atoms with Crippen molar-refractivity contribution >= 4 is 44.6 Å². The number of pyridine rings is 1. The maximum atomic E-state index is 8.12. The van der Waals surface area contributed by atoms with Crippen LogP contribution in [0.2, 0.25) is 0 Å². The molecule has 0 aliphatic rings. The van der Waals surface area contributed by atoms with Crippen LogP contribution in [0.1, 0.15) is 0 Å². The molecule has 8 aromatic carbocycles. The topological polar surface area (TPSA) is 25.4 Å². The second-order valence-electron chi connectivity index (χ2n) is 14.3. The molecule has 0 unspecified atom stereocenters. The molecule has 0 bridgehead atoms. The fourth-order valence-electron chi connectivity index (χ4n) is 8.07. The Balaban J connectivity index is 1.25. The minimum Gasteiger partial charge on any atom is -0.310 e. The fraction of sp³-hybridized carbons (Fsp3) is 0. The summed E-state index contributed by atoms with van der Waals surface area (Å²) in [5.74, 6) is 0. The summed E-state index contributed by atoms with van der Waals surface area (Å²) in [4.78, 5) is 11.5. The Morgan fingerprint density at radius 3 is 1.55 bits per heavy atom. The van der Waals surface area contributed by atoms with Crippen LogP contribution in [0.5, 0.6) is 0 Å². The van der Waals surface area contributed by atoms with Gasteiger partial charge in [-0.15, -0.1) is 0 Å². The standard InChI is InChI=1S/C54H36N4/c1-55-50-28-16-14-26-47(50)42-32-40(41-35-51(38-18-6-2-7-19-38)56-52(36-41)39-20-8-3-9-21-39)33-46(34-42)58-53-29-17-15-27-48(53)49-31-30-45(37-54(49)58)57(43-22-10-4-11-23-43)44-24-12-5-13-25-44/h2-37H. The van der Waals surface area contributed by atoms with Crippen molar-refractivity contribution in [3.8, 4) is 50.5 Å². The van der Waals surface area contributed by atoms with E-state index < -0.39 is 0 Å². The molecule has 0 aliphatic heterocycles. The lowest BCUT2D eigenvalue weighted by Gasteiger charge is -2.25. The predicted octanol–water partition coefficient (Wildman–Crippen LogP) is 14.9. The minimum atomic E-state index is 0.612. The second-order valence-corrected chi connectivity index (χ2v) is 14.3. The predicted molar refractivity (Wildman–Crippen MR) is 241 cm³/mol. The molecule has 4 nitrogen and oxygen atoms in total. The van der Waals surface area contributed by atoms with Crippen LogP contribution >= 0.6 is 0 Å². The first-order chi connectivity index (χ1) is 28.7. The van der Waals surface area contributed by atoms with E-state index >= 15 is 0 Å². The number of anilines is 3. The highest BCUT2D eigenvalue weighted by atomic mass is 15.1. The van der Waals surface area contributed by atoms with Gasteiger partial charge in [0.15, 0.2) is 5.69 Å². The van der Waals surface area contributed by atoms with Crippen molar-refractivity contribution in [2.45, 2.75) is 0 Å². The van der Waals surface area contributed by atoms with E-state index in [0.29, 0.717) is 5.69 Å². The SMILES string of the molecule is [C-]#[N+]c1ccccc1-c1cc(-c2cc(-c3ccccc3)nc(-c3ccccc3)c2)cc(-n2c3ccccc3c3ccc(N(c4ccccc4)c4ccccc4)cc32)c1. The first kappa shape index (κ1) is 34.5. The molecule has 58 heavy (non-hydrogen) atoms. The maximum absolute atomic E-state index is 8.12. The van der Waals surface area contributed by atoms with Crippen LogP contribution in [0.15, 0.2) is 218 Å². The molecule has 0 radical (unpaired) electrons. The molecule has 272 valence electrons. The van der Waals surface area contributed by atoms with Crippen molar-refractivity contribution in [1.82, 2.24) is 9.55 Å². The third-order valence-corrected chi connectivity index (χ3v) is 10.8. The lowest BCUT2D eigenvalue weighted by Crippen LogP contribution is -2.09. The Morgan fingerprint density at radius 1 is 0.397 bits per heavy atom. The van der Waals surface area contributed by atoms with Gasteiger partial charge in [0, 0.05) is 44.6 Å². The largest absolute Gasteiger partial charge is 0.310 e. The monoisotopic (exact) mass is 740 g/mol. The van der Waals surface area contributed by atoms with Crippen molar-refractivity contribution < 1.29 is 0 Å². The van der Waals surface area contributed by atoms with Crippen molar-refractivity contribution in [2.24, 2.45) is 0 Å². The molecule has 0 spiro atoms. The van der Waals surface area contributed by atoms with E-state index in [-0.39, 0.29) is 0 Å². The summed E-state index contributed by atoms with van der Waals surface area (Å²) in [5.41, 5.74) is 14.8. The molecule has 10 rings (SSSR count). The van der Waals surface area contributed by atoms with E-state index in [1.54, 1.807) is 0 Å². The molecule has 0 atom stereocenters. The van der Waals surface area contributed by atoms with Crippen LogP contribution < -0.4 is 4.90 Å². The fourth-order valence-corrected chi connectivity index (χ4v) is 8.07. The van der Waals surface area contributed by atoms with Gasteiger partial charge in [0.1, 0.15) is 0 Å². The lowest BCUT2D eigenvalue weighted by molar-refractivity contribution is 1.18. The Hall–Kier alpha value is -8.00. The first-order valence-electron chi connectivity index (χ1n) is 19.4. The average molecular weight is 741 g/mol. The van der Waals surface area contributed by atoms with E-state index in [0.717, 1.165) is 83.9 Å². The summed E-state index contributed by atoms with van der Waals surface area (Å²) < 4.78 is 2.38. The molecule has 0 fully saturated rings. The zero-order valence-electron chi connectivity index (χ0n) is 31.6. The Kier molecular flexibility index (Phi) is 8.87. The van der Waals surface area contributed by atoms with Gasteiger partial charge in [-0.05, 0) is 95.1 Å². The zero-order chi connectivity index (χ0) is 38.8. The molecular formula is C54H36N4. The lowest BCUT2D eigenvalue weighted by atomic mass is 9.95. The Morgan fingerprint density at radius 2 is 0.914 bits per heavy atom. The van der Waals surface area contributed by atoms with Gasteiger partial charge in [-0.1, -0.05) is 146 Å². The first-order valence-corrected chi connectivity index (χ1v) is 19.4. The number of nitrogens with zero attached hydrogens (tertiary/aromatic N) is 4. The van der Waals surface area contributed by atoms with Gasteiger partial charge in [-0.2, -0.15) is 0 Å². The van der Waals surface area contributed by atoms with Gasteiger partial charge in [-0.3, -0.25) is 0 Å². The van der Waals surface area contributed by atoms with Gasteiger partial charge in [0.2, 0.25) is 0 Å². The Bertz CT molecular complexity index is 3010. The number of benzene rings is 8. The highest BCUT2D eigenvalue weighted by Crippen LogP contribution is 2.42. The number of fused-ring (bicyclic) bond motifs is 3. The van der Waals surface area contributed by atoms with Crippen LogP contribution in [0.25, 0.3) is 77.1 Å². The van der Waals surface area contributed by atoms with E-state index in [1.807, 2.05) is 30.3 Å². The van der Waals surface area contributed by atoms with E-state index in [1.165, 1.54) is 5.39 Å². The Labute approximate surface area is 338 Å². The van der Waals surface area contributed by atoms with Crippen LogP contribution in [0.4, 0.5) is 22.7 Å². The summed E-state index contributed by atoms with van der Waals surface area (Å²) in [6.07, 6.45) is 0. The van der Waals surface area contributed by atoms with Crippen LogP contribution in [0, 0.1) is 6.57 Å². The van der Waals surface area contributed by atoms with E-state index in [4.69, 9.17) is 11.6 Å². The summed E-state index contributed by atoms with van der Waals surface area (Å²) in [7, 11) is 0.